The fourth-order valence-corrected chi connectivity index (χ4v) is 2.83. The molecule has 1 atom stereocenters. The lowest BCUT2D eigenvalue weighted by atomic mass is 10.3. The molecule has 1 aromatic heterocycles. The zero-order chi connectivity index (χ0) is 16.4. The average Bonchev–Trinajstić information content (AvgIpc) is 2.90. The summed E-state index contributed by atoms with van der Waals surface area (Å²) in [7, 11) is 0. The van der Waals surface area contributed by atoms with Gasteiger partial charge in [-0.25, -0.2) is 9.37 Å². The molecule has 0 saturated carbocycles. The molecule has 0 aliphatic heterocycles. The van der Waals surface area contributed by atoms with Gasteiger partial charge in [-0.2, -0.15) is 0 Å². The molecule has 0 aliphatic carbocycles. The van der Waals surface area contributed by atoms with Gasteiger partial charge < -0.3 is 9.73 Å². The molecule has 0 spiro atoms. The summed E-state index contributed by atoms with van der Waals surface area (Å²) in [6, 6.07) is 10.8. The van der Waals surface area contributed by atoms with E-state index in [0.717, 1.165) is 0 Å². The number of anilines is 1. The molecular formula is C16H12ClFN2O2S. The normalized spacial score (nSPS) is 12.3. The molecule has 1 heterocycles. The molecule has 23 heavy (non-hydrogen) atoms. The standard InChI is InChI=1S/C16H12ClFN2O2S/c1-9(15(21)19-12-5-3-11(18)4-6-12)23-16-20-13-7-2-10(17)8-14(13)22-16/h2-9H,1H3,(H,19,21)/t9-/m1/s1. The quantitative estimate of drug-likeness (QED) is 0.690. The lowest BCUT2D eigenvalue weighted by molar-refractivity contribution is -0.115. The summed E-state index contributed by atoms with van der Waals surface area (Å²) in [6.07, 6.45) is 0. The Morgan fingerprint density at radius 1 is 1.30 bits per heavy atom. The molecule has 3 rings (SSSR count). The van der Waals surface area contributed by atoms with Crippen molar-refractivity contribution in [1.82, 2.24) is 4.98 Å². The number of thioether (sulfide) groups is 1. The van der Waals surface area contributed by atoms with Gasteiger partial charge in [0, 0.05) is 16.8 Å². The fraction of sp³-hybridized carbons (Fsp3) is 0.125. The Balaban J connectivity index is 1.68. The number of oxazole rings is 1. The highest BCUT2D eigenvalue weighted by atomic mass is 35.5. The summed E-state index contributed by atoms with van der Waals surface area (Å²) >= 11 is 7.10. The first-order valence-electron chi connectivity index (χ1n) is 6.80. The van der Waals surface area contributed by atoms with Gasteiger partial charge in [-0.05, 0) is 43.3 Å². The first-order chi connectivity index (χ1) is 11.0. The van der Waals surface area contributed by atoms with Crippen LogP contribution >= 0.6 is 23.4 Å². The van der Waals surface area contributed by atoms with E-state index < -0.39 is 5.25 Å². The monoisotopic (exact) mass is 350 g/mol. The molecule has 1 amide bonds. The van der Waals surface area contributed by atoms with Crippen molar-refractivity contribution in [1.29, 1.82) is 0 Å². The molecule has 1 N–H and O–H groups in total. The molecule has 3 aromatic rings. The van der Waals surface area contributed by atoms with E-state index in [1.165, 1.54) is 36.0 Å². The van der Waals surface area contributed by atoms with Crippen molar-refractivity contribution in [3.63, 3.8) is 0 Å². The van der Waals surface area contributed by atoms with Gasteiger partial charge in [0.15, 0.2) is 5.58 Å². The lowest BCUT2D eigenvalue weighted by Gasteiger charge is -2.09. The molecular weight excluding hydrogens is 339 g/mol. The van der Waals surface area contributed by atoms with Crippen LogP contribution in [0.4, 0.5) is 10.1 Å². The predicted octanol–water partition coefficient (Wildman–Crippen LogP) is 4.74. The van der Waals surface area contributed by atoms with Gasteiger partial charge in [0.1, 0.15) is 11.3 Å². The SMILES string of the molecule is C[C@@H](Sc1nc2ccc(Cl)cc2o1)C(=O)Nc1ccc(F)cc1. The zero-order valence-electron chi connectivity index (χ0n) is 12.0. The van der Waals surface area contributed by atoms with Crippen LogP contribution in [0.2, 0.25) is 5.02 Å². The highest BCUT2D eigenvalue weighted by Gasteiger charge is 2.18. The van der Waals surface area contributed by atoms with Crippen LogP contribution in [0, 0.1) is 5.82 Å². The third-order valence-corrected chi connectivity index (χ3v) is 4.27. The number of nitrogens with one attached hydrogen (secondary N) is 1. The van der Waals surface area contributed by atoms with Gasteiger partial charge in [0.25, 0.3) is 5.22 Å². The van der Waals surface area contributed by atoms with Crippen LogP contribution in [-0.2, 0) is 4.79 Å². The Morgan fingerprint density at radius 3 is 2.78 bits per heavy atom. The second-order valence-corrected chi connectivity index (χ2v) is 6.58. The number of rotatable bonds is 4. The van der Waals surface area contributed by atoms with Crippen LogP contribution in [0.1, 0.15) is 6.92 Å². The van der Waals surface area contributed by atoms with Gasteiger partial charge in [0.2, 0.25) is 5.91 Å². The van der Waals surface area contributed by atoms with Crippen LogP contribution in [-0.4, -0.2) is 16.1 Å². The third kappa shape index (κ3) is 3.83. The molecule has 118 valence electrons. The maximum atomic E-state index is 12.9. The minimum Gasteiger partial charge on any atom is -0.431 e. The average molecular weight is 351 g/mol. The molecule has 0 radical (unpaired) electrons. The molecule has 2 aromatic carbocycles. The summed E-state index contributed by atoms with van der Waals surface area (Å²) in [5.41, 5.74) is 1.79. The Bertz CT molecular complexity index is 851. The number of carbonyl (C=O) groups is 1. The second-order valence-electron chi connectivity index (χ2n) is 4.85. The van der Waals surface area contributed by atoms with Gasteiger partial charge in [-0.15, -0.1) is 0 Å². The van der Waals surface area contributed by atoms with E-state index in [1.807, 2.05) is 0 Å². The Morgan fingerprint density at radius 2 is 2.04 bits per heavy atom. The van der Waals surface area contributed by atoms with E-state index in [2.05, 4.69) is 10.3 Å². The van der Waals surface area contributed by atoms with Crippen molar-refractivity contribution in [3.8, 4) is 0 Å². The molecule has 0 saturated heterocycles. The number of amides is 1. The number of halogens is 2. The number of fused-ring (bicyclic) bond motifs is 1. The Hall–Kier alpha value is -2.05. The summed E-state index contributed by atoms with van der Waals surface area (Å²) in [5, 5.41) is 3.24. The van der Waals surface area contributed by atoms with Crippen LogP contribution in [0.25, 0.3) is 11.1 Å². The molecule has 0 aliphatic rings. The predicted molar refractivity (Wildman–Crippen MR) is 89.4 cm³/mol. The van der Waals surface area contributed by atoms with Crippen molar-refractivity contribution >= 4 is 46.1 Å². The first-order valence-corrected chi connectivity index (χ1v) is 8.06. The highest BCUT2D eigenvalue weighted by Crippen LogP contribution is 2.28. The van der Waals surface area contributed by atoms with Gasteiger partial charge in [0.05, 0.1) is 5.25 Å². The minimum absolute atomic E-state index is 0.220. The molecule has 0 unspecified atom stereocenters. The van der Waals surface area contributed by atoms with Gasteiger partial charge in [-0.3, -0.25) is 4.79 Å². The largest absolute Gasteiger partial charge is 0.431 e. The van der Waals surface area contributed by atoms with Crippen molar-refractivity contribution in [2.45, 2.75) is 17.4 Å². The smallest absolute Gasteiger partial charge is 0.257 e. The van der Waals surface area contributed by atoms with E-state index >= 15 is 0 Å². The topological polar surface area (TPSA) is 55.1 Å². The zero-order valence-corrected chi connectivity index (χ0v) is 13.6. The van der Waals surface area contributed by atoms with Crippen molar-refractivity contribution in [2.24, 2.45) is 0 Å². The second kappa shape index (κ2) is 6.60. The van der Waals surface area contributed by atoms with Gasteiger partial charge in [-0.1, -0.05) is 23.4 Å². The summed E-state index contributed by atoms with van der Waals surface area (Å²) < 4.78 is 18.4. The number of hydrogen-bond donors (Lipinski definition) is 1. The summed E-state index contributed by atoms with van der Waals surface area (Å²) in [6.45, 7) is 1.74. The van der Waals surface area contributed by atoms with Crippen molar-refractivity contribution < 1.29 is 13.6 Å². The number of nitrogens with zero attached hydrogens (tertiary/aromatic N) is 1. The summed E-state index contributed by atoms with van der Waals surface area (Å²) in [5.74, 6) is -0.572. The third-order valence-electron chi connectivity index (χ3n) is 3.09. The van der Waals surface area contributed by atoms with E-state index in [0.29, 0.717) is 27.0 Å². The Labute approximate surface area is 141 Å². The van der Waals surface area contributed by atoms with E-state index in [9.17, 15) is 9.18 Å². The van der Waals surface area contributed by atoms with Crippen LogP contribution in [0.3, 0.4) is 0 Å². The first kappa shape index (κ1) is 15.8. The van der Waals surface area contributed by atoms with Crippen LogP contribution in [0.5, 0.6) is 0 Å². The summed E-state index contributed by atoms with van der Waals surface area (Å²) in [4.78, 5) is 16.5. The van der Waals surface area contributed by atoms with Crippen molar-refractivity contribution in [2.75, 3.05) is 5.32 Å². The molecule has 0 fully saturated rings. The van der Waals surface area contributed by atoms with Crippen LogP contribution in [0.15, 0.2) is 52.1 Å². The lowest BCUT2D eigenvalue weighted by Crippen LogP contribution is -2.22. The van der Waals surface area contributed by atoms with E-state index in [4.69, 9.17) is 16.0 Å². The fourth-order valence-electron chi connectivity index (χ4n) is 1.91. The van der Waals surface area contributed by atoms with E-state index in [1.54, 1.807) is 25.1 Å². The van der Waals surface area contributed by atoms with Crippen LogP contribution < -0.4 is 5.32 Å². The maximum Gasteiger partial charge on any atom is 0.257 e. The maximum absolute atomic E-state index is 12.9. The molecule has 4 nitrogen and oxygen atoms in total. The highest BCUT2D eigenvalue weighted by molar-refractivity contribution is 8.00. The minimum atomic E-state index is -0.427. The van der Waals surface area contributed by atoms with Gasteiger partial charge >= 0.3 is 0 Å². The number of carbonyl (C=O) groups excluding carboxylic acids is 1. The number of benzene rings is 2. The number of aromatic nitrogens is 1. The Kier molecular flexibility index (Phi) is 4.54. The number of hydrogen-bond acceptors (Lipinski definition) is 4. The van der Waals surface area contributed by atoms with E-state index in [-0.39, 0.29) is 11.7 Å². The molecule has 0 bridgehead atoms. The van der Waals surface area contributed by atoms with Crippen molar-refractivity contribution in [3.05, 3.63) is 53.3 Å². The molecule has 7 heteroatoms.